The SMILES string of the molecule is N#Cc1ccc(Cn2cc(I)cn2)c(Cl)c1. The van der Waals surface area contributed by atoms with Crippen molar-refractivity contribution in [2.75, 3.05) is 0 Å². The Bertz CT molecular complexity index is 557. The monoisotopic (exact) mass is 343 g/mol. The molecule has 16 heavy (non-hydrogen) atoms. The van der Waals surface area contributed by atoms with Crippen molar-refractivity contribution in [2.24, 2.45) is 0 Å². The predicted octanol–water partition coefficient (Wildman–Crippen LogP) is 3.06. The lowest BCUT2D eigenvalue weighted by atomic mass is 10.1. The minimum atomic E-state index is 0.573. The molecule has 1 heterocycles. The number of nitrogens with zero attached hydrogens (tertiary/aromatic N) is 3. The van der Waals surface area contributed by atoms with Gasteiger partial charge in [-0.1, -0.05) is 17.7 Å². The third-order valence-corrected chi connectivity index (χ3v) is 3.03. The van der Waals surface area contributed by atoms with E-state index in [9.17, 15) is 0 Å². The molecule has 0 spiro atoms. The third-order valence-electron chi connectivity index (χ3n) is 2.12. The van der Waals surface area contributed by atoms with Crippen LogP contribution in [0.5, 0.6) is 0 Å². The van der Waals surface area contributed by atoms with Crippen molar-refractivity contribution in [1.29, 1.82) is 5.26 Å². The summed E-state index contributed by atoms with van der Waals surface area (Å²) in [4.78, 5) is 0. The van der Waals surface area contributed by atoms with Crippen LogP contribution in [0, 0.1) is 14.9 Å². The molecule has 0 unspecified atom stereocenters. The van der Waals surface area contributed by atoms with Crippen LogP contribution in [0.15, 0.2) is 30.6 Å². The van der Waals surface area contributed by atoms with Gasteiger partial charge in [0.1, 0.15) is 0 Å². The van der Waals surface area contributed by atoms with E-state index in [1.54, 1.807) is 18.3 Å². The number of halogens is 2. The fraction of sp³-hybridized carbons (Fsp3) is 0.0909. The first-order valence-corrected chi connectivity index (χ1v) is 6.01. The highest BCUT2D eigenvalue weighted by atomic mass is 127. The molecule has 0 saturated carbocycles. The molecule has 2 rings (SSSR count). The quantitative estimate of drug-likeness (QED) is 0.787. The predicted molar refractivity (Wildman–Crippen MR) is 70.2 cm³/mol. The Morgan fingerprint density at radius 3 is 2.88 bits per heavy atom. The second-order valence-corrected chi connectivity index (χ2v) is 4.93. The largest absolute Gasteiger partial charge is 0.267 e. The van der Waals surface area contributed by atoms with Crippen LogP contribution in [0.25, 0.3) is 0 Å². The second-order valence-electron chi connectivity index (χ2n) is 3.27. The van der Waals surface area contributed by atoms with Gasteiger partial charge in [0, 0.05) is 11.2 Å². The van der Waals surface area contributed by atoms with Gasteiger partial charge in [0.25, 0.3) is 0 Å². The standard InChI is InChI=1S/C11H7ClIN3/c12-11-3-8(4-14)1-2-9(11)6-16-7-10(13)5-15-16/h1-3,5,7H,6H2. The lowest BCUT2D eigenvalue weighted by molar-refractivity contribution is 0.686. The number of aromatic nitrogens is 2. The Kier molecular flexibility index (Phi) is 3.46. The summed E-state index contributed by atoms with van der Waals surface area (Å²) < 4.78 is 2.90. The van der Waals surface area contributed by atoms with Crippen LogP contribution in [0.4, 0.5) is 0 Å². The van der Waals surface area contributed by atoms with Gasteiger partial charge >= 0.3 is 0 Å². The van der Waals surface area contributed by atoms with Crippen LogP contribution in [0.1, 0.15) is 11.1 Å². The molecule has 0 aliphatic carbocycles. The van der Waals surface area contributed by atoms with Gasteiger partial charge in [-0.25, -0.2) is 0 Å². The van der Waals surface area contributed by atoms with Gasteiger partial charge < -0.3 is 0 Å². The first-order valence-electron chi connectivity index (χ1n) is 4.55. The van der Waals surface area contributed by atoms with E-state index in [1.807, 2.05) is 16.9 Å². The van der Waals surface area contributed by atoms with Crippen LogP contribution in [-0.2, 0) is 6.54 Å². The molecule has 0 atom stereocenters. The Labute approximate surface area is 112 Å². The van der Waals surface area contributed by atoms with E-state index < -0.39 is 0 Å². The van der Waals surface area contributed by atoms with Crippen LogP contribution >= 0.6 is 34.2 Å². The van der Waals surface area contributed by atoms with E-state index in [-0.39, 0.29) is 0 Å². The van der Waals surface area contributed by atoms with Crippen molar-refractivity contribution in [3.63, 3.8) is 0 Å². The first-order chi connectivity index (χ1) is 7.69. The van der Waals surface area contributed by atoms with E-state index in [2.05, 4.69) is 33.8 Å². The summed E-state index contributed by atoms with van der Waals surface area (Å²) in [6, 6.07) is 7.34. The van der Waals surface area contributed by atoms with Gasteiger partial charge in [-0.3, -0.25) is 4.68 Å². The summed E-state index contributed by atoms with van der Waals surface area (Å²) in [6.45, 7) is 0.619. The fourth-order valence-electron chi connectivity index (χ4n) is 1.34. The third kappa shape index (κ3) is 2.54. The summed E-state index contributed by atoms with van der Waals surface area (Å²) in [7, 11) is 0. The molecule has 5 heteroatoms. The van der Waals surface area contributed by atoms with Crippen LogP contribution in [0.3, 0.4) is 0 Å². The molecule has 0 aliphatic rings. The van der Waals surface area contributed by atoms with Gasteiger partial charge in [0.15, 0.2) is 0 Å². The molecule has 0 fully saturated rings. The number of hydrogen-bond acceptors (Lipinski definition) is 2. The minimum Gasteiger partial charge on any atom is -0.267 e. The topological polar surface area (TPSA) is 41.6 Å². The fourth-order valence-corrected chi connectivity index (χ4v) is 2.03. The van der Waals surface area contributed by atoms with Crippen LogP contribution in [0.2, 0.25) is 5.02 Å². The molecule has 0 bridgehead atoms. The summed E-state index contributed by atoms with van der Waals surface area (Å²) >= 11 is 8.27. The Balaban J connectivity index is 2.26. The summed E-state index contributed by atoms with van der Waals surface area (Å²) in [5, 5.41) is 13.5. The van der Waals surface area contributed by atoms with Crippen molar-refractivity contribution in [2.45, 2.75) is 6.54 Å². The molecule has 0 radical (unpaired) electrons. The second kappa shape index (κ2) is 4.85. The highest BCUT2D eigenvalue weighted by Crippen LogP contribution is 2.18. The maximum atomic E-state index is 8.72. The lowest BCUT2D eigenvalue weighted by Gasteiger charge is -2.04. The van der Waals surface area contributed by atoms with E-state index >= 15 is 0 Å². The van der Waals surface area contributed by atoms with Crippen molar-refractivity contribution < 1.29 is 0 Å². The van der Waals surface area contributed by atoms with Crippen molar-refractivity contribution >= 4 is 34.2 Å². The van der Waals surface area contributed by atoms with Gasteiger partial charge in [-0.05, 0) is 40.3 Å². The molecule has 2 aromatic rings. The molecule has 1 aromatic carbocycles. The number of nitriles is 1. The zero-order valence-corrected chi connectivity index (χ0v) is 11.1. The van der Waals surface area contributed by atoms with E-state index in [0.717, 1.165) is 9.13 Å². The summed E-state index contributed by atoms with van der Waals surface area (Å²) in [6.07, 6.45) is 3.73. The molecule has 0 aliphatic heterocycles. The highest BCUT2D eigenvalue weighted by Gasteiger charge is 2.03. The highest BCUT2D eigenvalue weighted by molar-refractivity contribution is 14.1. The molecule has 1 aromatic heterocycles. The van der Waals surface area contributed by atoms with E-state index in [1.165, 1.54) is 0 Å². The molecule has 0 N–H and O–H groups in total. The molecule has 80 valence electrons. The normalized spacial score (nSPS) is 10.1. The molecule has 0 amide bonds. The zero-order valence-electron chi connectivity index (χ0n) is 8.19. The average molecular weight is 344 g/mol. The van der Waals surface area contributed by atoms with Gasteiger partial charge in [-0.2, -0.15) is 10.4 Å². The van der Waals surface area contributed by atoms with Gasteiger partial charge in [0.05, 0.1) is 27.9 Å². The summed E-state index contributed by atoms with van der Waals surface area (Å²) in [5.74, 6) is 0. The van der Waals surface area contributed by atoms with Crippen LogP contribution < -0.4 is 0 Å². The summed E-state index contributed by atoms with van der Waals surface area (Å²) in [5.41, 5.74) is 1.53. The van der Waals surface area contributed by atoms with Crippen LogP contribution in [-0.4, -0.2) is 9.78 Å². The lowest BCUT2D eigenvalue weighted by Crippen LogP contribution is -2.00. The number of benzene rings is 1. The Morgan fingerprint density at radius 1 is 1.50 bits per heavy atom. The Morgan fingerprint density at radius 2 is 2.31 bits per heavy atom. The molecular weight excluding hydrogens is 336 g/mol. The van der Waals surface area contributed by atoms with E-state index in [4.69, 9.17) is 16.9 Å². The maximum Gasteiger partial charge on any atom is 0.0992 e. The molecule has 0 saturated heterocycles. The van der Waals surface area contributed by atoms with Gasteiger partial charge in [0.2, 0.25) is 0 Å². The first kappa shape index (κ1) is 11.4. The Hall–Kier alpha value is -1.06. The van der Waals surface area contributed by atoms with Crippen molar-refractivity contribution in [1.82, 2.24) is 9.78 Å². The van der Waals surface area contributed by atoms with Crippen molar-refractivity contribution in [3.05, 3.63) is 50.3 Å². The number of rotatable bonds is 2. The zero-order chi connectivity index (χ0) is 11.5. The van der Waals surface area contributed by atoms with Crippen molar-refractivity contribution in [3.8, 4) is 6.07 Å². The smallest absolute Gasteiger partial charge is 0.0992 e. The average Bonchev–Trinajstić information content (AvgIpc) is 2.67. The van der Waals surface area contributed by atoms with E-state index in [0.29, 0.717) is 17.1 Å². The molecule has 3 nitrogen and oxygen atoms in total. The minimum absolute atomic E-state index is 0.573. The maximum absolute atomic E-state index is 8.72. The van der Waals surface area contributed by atoms with Gasteiger partial charge in [-0.15, -0.1) is 0 Å². The number of hydrogen-bond donors (Lipinski definition) is 0. The molecular formula is C11H7ClIN3.